The van der Waals surface area contributed by atoms with E-state index in [2.05, 4.69) is 26.7 Å². The highest BCUT2D eigenvalue weighted by Gasteiger charge is 2.06. The van der Waals surface area contributed by atoms with Crippen LogP contribution in [0.5, 0.6) is 5.75 Å². The summed E-state index contributed by atoms with van der Waals surface area (Å²) in [6.07, 6.45) is 0. The van der Waals surface area contributed by atoms with Crippen LogP contribution in [0.2, 0.25) is 5.02 Å². The molecule has 2 atom stereocenters. The lowest BCUT2D eigenvalue weighted by molar-refractivity contribution is 0.414. The molecule has 21 heavy (non-hydrogen) atoms. The third kappa shape index (κ3) is 5.67. The van der Waals surface area contributed by atoms with Crippen LogP contribution in [0.25, 0.3) is 0 Å². The number of nitrogens with one attached hydrogen (secondary N) is 1. The predicted octanol–water partition coefficient (Wildman–Crippen LogP) is 5.04. The molecule has 2 aromatic rings. The van der Waals surface area contributed by atoms with E-state index in [0.29, 0.717) is 10.8 Å². The summed E-state index contributed by atoms with van der Waals surface area (Å²) in [5, 5.41) is 4.09. The molecule has 0 fully saturated rings. The number of halogens is 1. The second-order valence-electron chi connectivity index (χ2n) is 4.24. The summed E-state index contributed by atoms with van der Waals surface area (Å²) in [5.41, 5.74) is 2.39. The largest absolute Gasteiger partial charge is 0.495 e. The number of benzene rings is 2. The fourth-order valence-electron chi connectivity index (χ4n) is 1.82. The number of hydrogen-bond donors (Lipinski definition) is 1. The molecule has 0 bridgehead atoms. The fraction of sp³-hybridized carbons (Fsp3) is 0.294. The van der Waals surface area contributed by atoms with Crippen LogP contribution in [0.1, 0.15) is 30.8 Å². The van der Waals surface area contributed by atoms with Gasteiger partial charge in [0.05, 0.1) is 12.1 Å². The highest BCUT2D eigenvalue weighted by Crippen LogP contribution is 2.26. The Morgan fingerprint density at radius 1 is 1.14 bits per heavy atom. The number of hydrogen-bond acceptors (Lipinski definition) is 2. The smallest absolute Gasteiger partial charge is 0.137 e. The summed E-state index contributed by atoms with van der Waals surface area (Å²) in [6.45, 7) is 4.76. The van der Waals surface area contributed by atoms with E-state index in [-0.39, 0.29) is 5.78 Å². The minimum absolute atomic E-state index is 0.225. The maximum absolute atomic E-state index is 6.01. The maximum Gasteiger partial charge on any atom is 0.137 e. The average molecular weight is 324 g/mol. The van der Waals surface area contributed by atoms with Gasteiger partial charge in [-0.2, -0.15) is 0 Å². The van der Waals surface area contributed by atoms with Crippen LogP contribution in [0.15, 0.2) is 48.5 Å². The van der Waals surface area contributed by atoms with Crippen molar-refractivity contribution >= 4 is 20.8 Å². The molecule has 0 amide bonds. The average Bonchev–Trinajstić information content (AvgIpc) is 2.56. The van der Waals surface area contributed by atoms with Gasteiger partial charge in [-0.05, 0) is 23.3 Å². The van der Waals surface area contributed by atoms with Gasteiger partial charge in [-0.15, -0.1) is 9.24 Å². The molecule has 0 radical (unpaired) electrons. The van der Waals surface area contributed by atoms with Gasteiger partial charge in [0.15, 0.2) is 0 Å². The van der Waals surface area contributed by atoms with Crippen molar-refractivity contribution in [2.45, 2.75) is 26.2 Å². The van der Waals surface area contributed by atoms with Crippen molar-refractivity contribution in [3.63, 3.8) is 0 Å². The van der Waals surface area contributed by atoms with Gasteiger partial charge < -0.3 is 10.1 Å². The summed E-state index contributed by atoms with van der Waals surface area (Å²) in [4.78, 5) is 0. The summed E-state index contributed by atoms with van der Waals surface area (Å²) in [5.74, 6) is 0.934. The molecule has 4 heteroatoms. The summed E-state index contributed by atoms with van der Waals surface area (Å²) in [7, 11) is 4.43. The van der Waals surface area contributed by atoms with Crippen LogP contribution < -0.4 is 10.1 Å². The van der Waals surface area contributed by atoms with Gasteiger partial charge in [-0.3, -0.25) is 0 Å². The zero-order valence-electron chi connectivity index (χ0n) is 12.8. The molecule has 0 aliphatic rings. The van der Waals surface area contributed by atoms with E-state index < -0.39 is 0 Å². The lowest BCUT2D eigenvalue weighted by atomic mass is 10.2. The molecule has 0 aliphatic carbocycles. The Balaban J connectivity index is 0.00000106. The highest BCUT2D eigenvalue weighted by atomic mass is 35.5. The third-order valence-corrected chi connectivity index (χ3v) is 3.83. The Hall–Kier alpha value is -1.08. The Kier molecular flexibility index (Phi) is 8.37. The van der Waals surface area contributed by atoms with Crippen molar-refractivity contribution < 1.29 is 4.74 Å². The van der Waals surface area contributed by atoms with Gasteiger partial charge in [0.2, 0.25) is 0 Å². The van der Waals surface area contributed by atoms with Crippen molar-refractivity contribution in [2.75, 3.05) is 7.11 Å². The minimum Gasteiger partial charge on any atom is -0.495 e. The zero-order chi connectivity index (χ0) is 15.7. The van der Waals surface area contributed by atoms with E-state index in [1.165, 1.54) is 5.56 Å². The molecule has 0 aliphatic heterocycles. The highest BCUT2D eigenvalue weighted by molar-refractivity contribution is 7.17. The van der Waals surface area contributed by atoms with E-state index >= 15 is 0 Å². The monoisotopic (exact) mass is 323 g/mol. The fourth-order valence-corrected chi connectivity index (χ4v) is 2.35. The lowest BCUT2D eigenvalue weighted by Gasteiger charge is -2.14. The van der Waals surface area contributed by atoms with Crippen molar-refractivity contribution in [3.8, 4) is 5.75 Å². The molecule has 0 saturated heterocycles. The summed E-state index contributed by atoms with van der Waals surface area (Å²) in [6, 6.07) is 16.1. The molecule has 0 saturated carbocycles. The van der Waals surface area contributed by atoms with Gasteiger partial charge in [0.25, 0.3) is 0 Å². The van der Waals surface area contributed by atoms with Crippen molar-refractivity contribution in [2.24, 2.45) is 0 Å². The molecule has 2 unspecified atom stereocenters. The topological polar surface area (TPSA) is 21.3 Å². The Morgan fingerprint density at radius 3 is 2.43 bits per heavy atom. The van der Waals surface area contributed by atoms with E-state index in [1.807, 2.05) is 50.2 Å². The molecule has 1 N–H and O–H groups in total. The van der Waals surface area contributed by atoms with Crippen molar-refractivity contribution in [1.82, 2.24) is 5.32 Å². The first-order valence-electron chi connectivity index (χ1n) is 7.07. The second-order valence-corrected chi connectivity index (χ2v) is 5.31. The van der Waals surface area contributed by atoms with E-state index in [4.69, 9.17) is 16.3 Å². The first-order chi connectivity index (χ1) is 10.2. The number of rotatable bonds is 5. The van der Waals surface area contributed by atoms with Crippen LogP contribution in [0.3, 0.4) is 0 Å². The predicted molar refractivity (Wildman–Crippen MR) is 95.1 cm³/mol. The van der Waals surface area contributed by atoms with E-state index in [9.17, 15) is 0 Å². The van der Waals surface area contributed by atoms with Crippen molar-refractivity contribution in [3.05, 3.63) is 64.7 Å². The first kappa shape index (κ1) is 18.0. The number of methoxy groups -OCH3 is 1. The van der Waals surface area contributed by atoms with Crippen LogP contribution in [0.4, 0.5) is 0 Å². The van der Waals surface area contributed by atoms with Crippen LogP contribution in [-0.2, 0) is 6.54 Å². The Morgan fingerprint density at radius 2 is 1.81 bits per heavy atom. The van der Waals surface area contributed by atoms with E-state index in [1.54, 1.807) is 7.11 Å². The second kappa shape index (κ2) is 9.78. The quantitative estimate of drug-likeness (QED) is 0.778. The molecule has 114 valence electrons. The number of ether oxygens (including phenoxy) is 1. The van der Waals surface area contributed by atoms with Crippen LogP contribution >= 0.6 is 20.8 Å². The normalized spacial score (nSPS) is 11.3. The SMILES string of the molecule is CC.COc1cc(CNC(P)c2ccccc2)ccc1Cl. The molecular weight excluding hydrogens is 301 g/mol. The molecule has 2 aromatic carbocycles. The zero-order valence-corrected chi connectivity index (χ0v) is 14.7. The third-order valence-electron chi connectivity index (χ3n) is 2.90. The molecule has 2 rings (SSSR count). The standard InChI is InChI=1S/C15H17ClNOP.C2H6/c1-18-14-9-11(7-8-13(14)16)10-17-15(19)12-5-3-2-4-6-12;1-2/h2-9,15,17H,10,19H2,1H3;1-2H3. The van der Waals surface area contributed by atoms with Crippen LogP contribution in [-0.4, -0.2) is 7.11 Å². The maximum atomic E-state index is 6.01. The Labute approximate surface area is 135 Å². The van der Waals surface area contributed by atoms with Gasteiger partial charge >= 0.3 is 0 Å². The minimum atomic E-state index is 0.225. The molecule has 0 heterocycles. The molecule has 2 nitrogen and oxygen atoms in total. The molecule has 0 aromatic heterocycles. The molecular formula is C17H23ClNOP. The van der Waals surface area contributed by atoms with Gasteiger partial charge in [0, 0.05) is 12.3 Å². The van der Waals surface area contributed by atoms with Gasteiger partial charge in [-0.1, -0.05) is 61.8 Å². The van der Waals surface area contributed by atoms with E-state index in [0.717, 1.165) is 12.1 Å². The van der Waals surface area contributed by atoms with Gasteiger partial charge in [0.1, 0.15) is 5.75 Å². The first-order valence-corrected chi connectivity index (χ1v) is 8.11. The lowest BCUT2D eigenvalue weighted by Crippen LogP contribution is -2.15. The summed E-state index contributed by atoms with van der Waals surface area (Å²) >= 11 is 6.01. The summed E-state index contributed by atoms with van der Waals surface area (Å²) < 4.78 is 5.21. The van der Waals surface area contributed by atoms with Gasteiger partial charge in [-0.25, -0.2) is 0 Å². The van der Waals surface area contributed by atoms with Crippen LogP contribution in [0, 0.1) is 0 Å². The Bertz CT molecular complexity index is 534. The molecule has 0 spiro atoms. The van der Waals surface area contributed by atoms with Crippen molar-refractivity contribution in [1.29, 1.82) is 0 Å².